The van der Waals surface area contributed by atoms with Crippen LogP contribution in [0.15, 0.2) is 6.20 Å². The lowest BCUT2D eigenvalue weighted by molar-refractivity contribution is 0.0947. The Hall–Kier alpha value is -0.120. The van der Waals surface area contributed by atoms with E-state index < -0.39 is 0 Å². The number of hydrogen-bond acceptors (Lipinski definition) is 3. The Morgan fingerprint density at radius 3 is 2.92 bits per heavy atom. The molecule has 1 rings (SSSR count). The highest BCUT2D eigenvalue weighted by Crippen LogP contribution is 2.26. The molecule has 0 saturated heterocycles. The van der Waals surface area contributed by atoms with Crippen molar-refractivity contribution in [2.24, 2.45) is 0 Å². The maximum atomic E-state index is 5.69. The first kappa shape index (κ1) is 11.0. The summed E-state index contributed by atoms with van der Waals surface area (Å²) in [6, 6.07) is 0. The molecular weight excluding hydrogens is 206 g/mol. The Kier molecular flexibility index (Phi) is 4.70. The topological polar surface area (TPSA) is 22.1 Å². The molecule has 1 aromatic rings. The fourth-order valence-corrected chi connectivity index (χ4v) is 2.25. The second-order valence-corrected chi connectivity index (χ2v) is 4.23. The van der Waals surface area contributed by atoms with Gasteiger partial charge < -0.3 is 4.74 Å². The van der Waals surface area contributed by atoms with E-state index >= 15 is 0 Å². The number of alkyl halides is 1. The quantitative estimate of drug-likeness (QED) is 0.709. The first-order chi connectivity index (χ1) is 6.31. The van der Waals surface area contributed by atoms with Crippen LogP contribution < -0.4 is 0 Å². The lowest BCUT2D eigenvalue weighted by Crippen LogP contribution is -1.99. The Balaban J connectivity index is 2.67. The van der Waals surface area contributed by atoms with E-state index in [9.17, 15) is 0 Å². The standard InChI is InChI=1S/C9H14ClNOS/c1-3-4-8(12-2)9-11-6-7(5-10)13-9/h6,8H,3-5H2,1-2H3. The van der Waals surface area contributed by atoms with Gasteiger partial charge in [0.1, 0.15) is 11.1 Å². The van der Waals surface area contributed by atoms with E-state index in [1.165, 1.54) is 0 Å². The van der Waals surface area contributed by atoms with Crippen molar-refractivity contribution in [1.82, 2.24) is 4.98 Å². The summed E-state index contributed by atoms with van der Waals surface area (Å²) < 4.78 is 5.34. The molecule has 0 aromatic carbocycles. The third-order valence-corrected chi connectivity index (χ3v) is 3.35. The molecule has 0 N–H and O–H groups in total. The summed E-state index contributed by atoms with van der Waals surface area (Å²) in [7, 11) is 1.72. The summed E-state index contributed by atoms with van der Waals surface area (Å²) >= 11 is 7.33. The van der Waals surface area contributed by atoms with Gasteiger partial charge in [0.05, 0.1) is 5.88 Å². The van der Waals surface area contributed by atoms with Gasteiger partial charge in [-0.2, -0.15) is 0 Å². The highest BCUT2D eigenvalue weighted by atomic mass is 35.5. The van der Waals surface area contributed by atoms with Gasteiger partial charge in [-0.25, -0.2) is 4.98 Å². The minimum Gasteiger partial charge on any atom is -0.374 e. The molecule has 1 atom stereocenters. The van der Waals surface area contributed by atoms with Gasteiger partial charge >= 0.3 is 0 Å². The number of ether oxygens (including phenoxy) is 1. The molecule has 74 valence electrons. The highest BCUT2D eigenvalue weighted by molar-refractivity contribution is 7.11. The van der Waals surface area contributed by atoms with Crippen molar-refractivity contribution >= 4 is 22.9 Å². The van der Waals surface area contributed by atoms with Gasteiger partial charge in [0.25, 0.3) is 0 Å². The summed E-state index contributed by atoms with van der Waals surface area (Å²) in [4.78, 5) is 5.39. The number of aromatic nitrogens is 1. The lowest BCUT2D eigenvalue weighted by atomic mass is 10.2. The van der Waals surface area contributed by atoms with Crippen molar-refractivity contribution in [2.45, 2.75) is 31.7 Å². The molecule has 2 nitrogen and oxygen atoms in total. The predicted octanol–water partition coefficient (Wildman–Crippen LogP) is 3.37. The third kappa shape index (κ3) is 2.93. The van der Waals surface area contributed by atoms with Crippen LogP contribution in [0.3, 0.4) is 0 Å². The van der Waals surface area contributed by atoms with Gasteiger partial charge in [0, 0.05) is 18.2 Å². The summed E-state index contributed by atoms with van der Waals surface area (Å²) in [6.07, 6.45) is 4.10. The zero-order valence-electron chi connectivity index (χ0n) is 7.92. The van der Waals surface area contributed by atoms with Crippen molar-refractivity contribution in [3.63, 3.8) is 0 Å². The largest absolute Gasteiger partial charge is 0.374 e. The number of rotatable bonds is 5. The Bertz CT molecular complexity index is 252. The van der Waals surface area contributed by atoms with Gasteiger partial charge in [-0.3, -0.25) is 0 Å². The molecule has 1 heterocycles. The van der Waals surface area contributed by atoms with Crippen LogP contribution in [0.25, 0.3) is 0 Å². The normalized spacial score (nSPS) is 13.2. The van der Waals surface area contributed by atoms with E-state index in [2.05, 4.69) is 11.9 Å². The molecule has 0 bridgehead atoms. The zero-order valence-corrected chi connectivity index (χ0v) is 9.49. The molecule has 0 saturated carbocycles. The molecule has 0 aliphatic carbocycles. The van der Waals surface area contributed by atoms with E-state index in [4.69, 9.17) is 16.3 Å². The number of nitrogens with zero attached hydrogens (tertiary/aromatic N) is 1. The van der Waals surface area contributed by atoms with Crippen LogP contribution in [0.1, 0.15) is 35.8 Å². The first-order valence-electron chi connectivity index (χ1n) is 4.35. The summed E-state index contributed by atoms with van der Waals surface area (Å²) in [5.41, 5.74) is 0. The van der Waals surface area contributed by atoms with E-state index in [1.54, 1.807) is 18.4 Å². The number of halogens is 1. The molecule has 1 aromatic heterocycles. The lowest BCUT2D eigenvalue weighted by Gasteiger charge is -2.10. The predicted molar refractivity (Wildman–Crippen MR) is 56.3 cm³/mol. The van der Waals surface area contributed by atoms with E-state index in [-0.39, 0.29) is 6.10 Å². The van der Waals surface area contributed by atoms with Crippen LogP contribution in [0.4, 0.5) is 0 Å². The third-order valence-electron chi connectivity index (χ3n) is 1.81. The van der Waals surface area contributed by atoms with Crippen molar-refractivity contribution < 1.29 is 4.74 Å². The van der Waals surface area contributed by atoms with Crippen molar-refractivity contribution in [2.75, 3.05) is 7.11 Å². The molecule has 4 heteroatoms. The Morgan fingerprint density at radius 1 is 1.69 bits per heavy atom. The van der Waals surface area contributed by atoms with Gasteiger partial charge in [-0.1, -0.05) is 13.3 Å². The molecule has 0 amide bonds. The minimum atomic E-state index is 0.145. The Labute approximate surface area is 87.9 Å². The Morgan fingerprint density at radius 2 is 2.46 bits per heavy atom. The smallest absolute Gasteiger partial charge is 0.122 e. The fourth-order valence-electron chi connectivity index (χ4n) is 1.14. The highest BCUT2D eigenvalue weighted by Gasteiger charge is 2.13. The summed E-state index contributed by atoms with van der Waals surface area (Å²) in [6.45, 7) is 2.14. The molecule has 0 radical (unpaired) electrons. The average Bonchev–Trinajstić information content (AvgIpc) is 2.62. The second-order valence-electron chi connectivity index (χ2n) is 2.81. The van der Waals surface area contributed by atoms with Gasteiger partial charge in [-0.15, -0.1) is 22.9 Å². The summed E-state index contributed by atoms with van der Waals surface area (Å²) in [5, 5.41) is 1.04. The van der Waals surface area contributed by atoms with Gasteiger partial charge in [-0.05, 0) is 6.42 Å². The van der Waals surface area contributed by atoms with E-state index in [0.717, 1.165) is 22.7 Å². The van der Waals surface area contributed by atoms with Gasteiger partial charge in [0.15, 0.2) is 0 Å². The number of hydrogen-bond donors (Lipinski definition) is 0. The molecule has 0 aliphatic heterocycles. The maximum absolute atomic E-state index is 5.69. The molecule has 0 aliphatic rings. The fraction of sp³-hybridized carbons (Fsp3) is 0.667. The number of thiazole rings is 1. The van der Waals surface area contributed by atoms with Crippen LogP contribution in [0.5, 0.6) is 0 Å². The van der Waals surface area contributed by atoms with Crippen LogP contribution in [-0.2, 0) is 10.6 Å². The number of methoxy groups -OCH3 is 1. The van der Waals surface area contributed by atoms with Crippen molar-refractivity contribution in [1.29, 1.82) is 0 Å². The van der Waals surface area contributed by atoms with Crippen LogP contribution in [0, 0.1) is 0 Å². The van der Waals surface area contributed by atoms with Crippen LogP contribution in [-0.4, -0.2) is 12.1 Å². The monoisotopic (exact) mass is 219 g/mol. The molecule has 0 fully saturated rings. The molecule has 1 unspecified atom stereocenters. The first-order valence-corrected chi connectivity index (χ1v) is 5.70. The zero-order chi connectivity index (χ0) is 9.68. The van der Waals surface area contributed by atoms with Crippen molar-refractivity contribution in [3.8, 4) is 0 Å². The molecular formula is C9H14ClNOS. The second kappa shape index (κ2) is 5.58. The minimum absolute atomic E-state index is 0.145. The van der Waals surface area contributed by atoms with E-state index in [1.807, 2.05) is 6.20 Å². The van der Waals surface area contributed by atoms with Crippen LogP contribution >= 0.6 is 22.9 Å². The maximum Gasteiger partial charge on any atom is 0.122 e. The molecule has 13 heavy (non-hydrogen) atoms. The van der Waals surface area contributed by atoms with Gasteiger partial charge in [0.2, 0.25) is 0 Å². The van der Waals surface area contributed by atoms with Crippen molar-refractivity contribution in [3.05, 3.63) is 16.1 Å². The summed E-state index contributed by atoms with van der Waals surface area (Å²) in [5.74, 6) is 0.542. The van der Waals surface area contributed by atoms with Crippen LogP contribution in [0.2, 0.25) is 0 Å². The SMILES string of the molecule is CCCC(OC)c1ncc(CCl)s1. The molecule has 0 spiro atoms. The average molecular weight is 220 g/mol. The van der Waals surface area contributed by atoms with E-state index in [0.29, 0.717) is 5.88 Å².